The summed E-state index contributed by atoms with van der Waals surface area (Å²) in [6.45, 7) is 0. The van der Waals surface area contributed by atoms with E-state index in [2.05, 4.69) is 15.5 Å². The van der Waals surface area contributed by atoms with Crippen molar-refractivity contribution in [1.29, 1.82) is 0 Å². The monoisotopic (exact) mass is 335 g/mol. The number of benzene rings is 2. The number of nitrogens with one attached hydrogen (secondary N) is 2. The van der Waals surface area contributed by atoms with Crippen LogP contribution in [0.4, 0.5) is 10.1 Å². The molecule has 1 aromatic heterocycles. The highest BCUT2D eigenvalue weighted by atomic mass is 19.1. The number of amides is 1. The number of rotatable bonds is 3. The largest absolute Gasteiger partial charge is 0.497 e. The van der Waals surface area contributed by atoms with Crippen LogP contribution in [0.3, 0.4) is 0 Å². The summed E-state index contributed by atoms with van der Waals surface area (Å²) in [7, 11) is 1.61. The normalized spacial score (nSPS) is 14.5. The van der Waals surface area contributed by atoms with Crippen molar-refractivity contribution in [2.24, 2.45) is 0 Å². The Morgan fingerprint density at radius 3 is 2.68 bits per heavy atom. The zero-order chi connectivity index (χ0) is 17.4. The number of aromatic amines is 1. The minimum atomic E-state index is -0.385. The highest BCUT2D eigenvalue weighted by Crippen LogP contribution is 2.33. The van der Waals surface area contributed by atoms with Crippen LogP contribution in [0.15, 0.2) is 48.5 Å². The van der Waals surface area contributed by atoms with E-state index >= 15 is 0 Å². The fourth-order valence-corrected chi connectivity index (χ4v) is 2.78. The average molecular weight is 335 g/mol. The molecule has 4 rings (SSSR count). The molecule has 0 spiro atoms. The number of ether oxygens (including phenoxy) is 1. The quantitative estimate of drug-likeness (QED) is 0.717. The van der Waals surface area contributed by atoms with E-state index in [4.69, 9.17) is 4.74 Å². The first-order valence-electron chi connectivity index (χ1n) is 7.67. The van der Waals surface area contributed by atoms with Gasteiger partial charge in [-0.3, -0.25) is 9.89 Å². The topological polar surface area (TPSA) is 67.0 Å². The van der Waals surface area contributed by atoms with Crippen LogP contribution in [-0.4, -0.2) is 23.2 Å². The van der Waals surface area contributed by atoms with Crippen LogP contribution in [0.25, 0.3) is 22.9 Å². The highest BCUT2D eigenvalue weighted by molar-refractivity contribution is 6.34. The number of anilines is 1. The lowest BCUT2D eigenvalue weighted by atomic mass is 10.1. The van der Waals surface area contributed by atoms with Gasteiger partial charge in [0.05, 0.1) is 24.1 Å². The minimum absolute atomic E-state index is 0.263. The lowest BCUT2D eigenvalue weighted by Gasteiger charge is -2.00. The molecule has 0 unspecified atom stereocenters. The molecule has 0 radical (unpaired) electrons. The van der Waals surface area contributed by atoms with E-state index in [1.54, 1.807) is 19.3 Å². The van der Waals surface area contributed by atoms with Gasteiger partial charge in [0, 0.05) is 16.8 Å². The van der Waals surface area contributed by atoms with Gasteiger partial charge in [-0.25, -0.2) is 4.39 Å². The van der Waals surface area contributed by atoms with Crippen LogP contribution < -0.4 is 10.1 Å². The van der Waals surface area contributed by atoms with Gasteiger partial charge in [-0.15, -0.1) is 0 Å². The van der Waals surface area contributed by atoms with E-state index in [9.17, 15) is 9.18 Å². The van der Waals surface area contributed by atoms with Crippen LogP contribution >= 0.6 is 0 Å². The first-order chi connectivity index (χ1) is 12.1. The first kappa shape index (κ1) is 15.1. The van der Waals surface area contributed by atoms with Crippen LogP contribution in [0, 0.1) is 5.82 Å². The van der Waals surface area contributed by atoms with Gasteiger partial charge in [-0.05, 0) is 54.6 Å². The van der Waals surface area contributed by atoms with Crippen molar-refractivity contribution in [2.45, 2.75) is 0 Å². The van der Waals surface area contributed by atoms with Gasteiger partial charge in [0.25, 0.3) is 5.91 Å². The molecule has 3 aromatic rings. The molecule has 5 nitrogen and oxygen atoms in total. The maximum absolute atomic E-state index is 13.5. The SMILES string of the molecule is COc1ccc(-c2cc(/C=C3\C(=O)Nc4ccc(F)cc43)[nH]n2)cc1. The maximum atomic E-state index is 13.5. The third kappa shape index (κ3) is 2.78. The van der Waals surface area contributed by atoms with Crippen molar-refractivity contribution in [2.75, 3.05) is 12.4 Å². The Morgan fingerprint density at radius 1 is 1.12 bits per heavy atom. The third-order valence-corrected chi connectivity index (χ3v) is 4.05. The molecule has 2 aromatic carbocycles. The van der Waals surface area contributed by atoms with E-state index in [0.29, 0.717) is 22.5 Å². The van der Waals surface area contributed by atoms with Gasteiger partial charge in [0.2, 0.25) is 0 Å². The van der Waals surface area contributed by atoms with E-state index in [1.165, 1.54) is 12.1 Å². The zero-order valence-electron chi connectivity index (χ0n) is 13.3. The summed E-state index contributed by atoms with van der Waals surface area (Å²) in [6.07, 6.45) is 1.67. The van der Waals surface area contributed by atoms with Crippen molar-refractivity contribution in [3.63, 3.8) is 0 Å². The average Bonchev–Trinajstić information content (AvgIpc) is 3.21. The lowest BCUT2D eigenvalue weighted by Crippen LogP contribution is -2.03. The number of fused-ring (bicyclic) bond motifs is 1. The number of methoxy groups -OCH3 is 1. The zero-order valence-corrected chi connectivity index (χ0v) is 13.3. The predicted molar refractivity (Wildman–Crippen MR) is 93.5 cm³/mol. The molecule has 2 N–H and O–H groups in total. The second-order valence-corrected chi connectivity index (χ2v) is 5.64. The smallest absolute Gasteiger partial charge is 0.256 e. The number of aromatic nitrogens is 2. The molecule has 124 valence electrons. The van der Waals surface area contributed by atoms with E-state index in [1.807, 2.05) is 30.3 Å². The standard InChI is InChI=1S/C19H14FN3O2/c1-25-14-5-2-11(3-6-14)18-10-13(22-23-18)9-16-15-8-12(20)4-7-17(15)21-19(16)24/h2-10H,1H3,(H,21,24)(H,22,23)/b16-9-. The van der Waals surface area contributed by atoms with Gasteiger partial charge >= 0.3 is 0 Å². The molecule has 1 amide bonds. The second-order valence-electron chi connectivity index (χ2n) is 5.64. The first-order valence-corrected chi connectivity index (χ1v) is 7.67. The molecule has 0 atom stereocenters. The van der Waals surface area contributed by atoms with Crippen LogP contribution in [0.1, 0.15) is 11.3 Å². The van der Waals surface area contributed by atoms with Crippen molar-refractivity contribution >= 4 is 23.2 Å². The van der Waals surface area contributed by atoms with E-state index in [-0.39, 0.29) is 11.7 Å². The summed E-state index contributed by atoms with van der Waals surface area (Å²) >= 11 is 0. The molecule has 0 saturated carbocycles. The lowest BCUT2D eigenvalue weighted by molar-refractivity contribution is -0.110. The third-order valence-electron chi connectivity index (χ3n) is 4.05. The Morgan fingerprint density at radius 2 is 1.92 bits per heavy atom. The predicted octanol–water partition coefficient (Wildman–Crippen LogP) is 3.72. The number of nitrogens with zero attached hydrogens (tertiary/aromatic N) is 1. The molecule has 1 aliphatic rings. The summed E-state index contributed by atoms with van der Waals surface area (Å²) in [4.78, 5) is 12.1. The molecule has 0 bridgehead atoms. The molecule has 0 saturated heterocycles. The summed E-state index contributed by atoms with van der Waals surface area (Å²) in [5, 5.41) is 9.88. The molecule has 2 heterocycles. The molecule has 25 heavy (non-hydrogen) atoms. The number of H-pyrrole nitrogens is 1. The fraction of sp³-hybridized carbons (Fsp3) is 0.0526. The fourth-order valence-electron chi connectivity index (χ4n) is 2.78. The van der Waals surface area contributed by atoms with Gasteiger partial charge < -0.3 is 10.1 Å². The number of carbonyl (C=O) groups is 1. The Balaban J connectivity index is 1.68. The van der Waals surface area contributed by atoms with Crippen molar-refractivity contribution in [3.8, 4) is 17.0 Å². The van der Waals surface area contributed by atoms with E-state index < -0.39 is 0 Å². The minimum Gasteiger partial charge on any atom is -0.497 e. The Hall–Kier alpha value is -3.41. The van der Waals surface area contributed by atoms with Gasteiger partial charge in [0.15, 0.2) is 0 Å². The number of halogens is 1. The molecule has 0 aliphatic carbocycles. The maximum Gasteiger partial charge on any atom is 0.256 e. The van der Waals surface area contributed by atoms with Crippen LogP contribution in [0.2, 0.25) is 0 Å². The molecular weight excluding hydrogens is 321 g/mol. The molecule has 1 aliphatic heterocycles. The van der Waals surface area contributed by atoms with E-state index in [0.717, 1.165) is 17.0 Å². The van der Waals surface area contributed by atoms with Gasteiger partial charge in [-0.2, -0.15) is 5.10 Å². The number of hydrogen-bond acceptors (Lipinski definition) is 3. The Kier molecular flexibility index (Phi) is 3.57. The summed E-state index contributed by atoms with van der Waals surface area (Å²) in [5.41, 5.74) is 3.88. The van der Waals surface area contributed by atoms with Gasteiger partial charge in [0.1, 0.15) is 11.6 Å². The van der Waals surface area contributed by atoms with Gasteiger partial charge in [-0.1, -0.05) is 0 Å². The summed E-state index contributed by atoms with van der Waals surface area (Å²) < 4.78 is 18.6. The number of carbonyl (C=O) groups excluding carboxylic acids is 1. The molecular formula is C19H14FN3O2. The van der Waals surface area contributed by atoms with Crippen molar-refractivity contribution < 1.29 is 13.9 Å². The van der Waals surface area contributed by atoms with Crippen LogP contribution in [-0.2, 0) is 4.79 Å². The van der Waals surface area contributed by atoms with Crippen LogP contribution in [0.5, 0.6) is 5.75 Å². The Labute approximate surface area is 143 Å². The Bertz CT molecular complexity index is 990. The second kappa shape index (κ2) is 5.90. The number of hydrogen-bond donors (Lipinski definition) is 2. The van der Waals surface area contributed by atoms with Crippen molar-refractivity contribution in [3.05, 3.63) is 65.6 Å². The molecule has 0 fully saturated rings. The summed E-state index contributed by atoms with van der Waals surface area (Å²) in [6, 6.07) is 13.6. The highest BCUT2D eigenvalue weighted by Gasteiger charge is 2.24. The molecule has 6 heteroatoms. The van der Waals surface area contributed by atoms with Crippen molar-refractivity contribution in [1.82, 2.24) is 10.2 Å². The summed E-state index contributed by atoms with van der Waals surface area (Å²) in [5.74, 6) is 0.119.